The summed E-state index contributed by atoms with van der Waals surface area (Å²) >= 11 is 2.99. The van der Waals surface area contributed by atoms with E-state index >= 15 is 0 Å². The summed E-state index contributed by atoms with van der Waals surface area (Å²) in [5.41, 5.74) is 3.00. The summed E-state index contributed by atoms with van der Waals surface area (Å²) < 4.78 is 0. The van der Waals surface area contributed by atoms with E-state index in [2.05, 4.69) is 27.5 Å². The van der Waals surface area contributed by atoms with Crippen LogP contribution in [0.2, 0.25) is 0 Å². The van der Waals surface area contributed by atoms with Gasteiger partial charge in [0.05, 0.1) is 12.3 Å². The number of hydrogen-bond donors (Lipinski definition) is 2. The van der Waals surface area contributed by atoms with Crippen molar-refractivity contribution in [3.05, 3.63) is 46.6 Å². The Morgan fingerprint density at radius 1 is 1.14 bits per heavy atom. The molecule has 8 heteroatoms. The zero-order valence-electron chi connectivity index (χ0n) is 16.0. The standard InChI is InChI=1S/C20H22N4O2S2/c1-4-14-7-5-6-8-15(14)24-16(25)9-21-17(26)10-27-19-18-12(2)13(3)28-20(18)23-11-22-19/h5-8,11H,4,9-10H2,1-3H3,(H,21,26)(H,24,25). The van der Waals surface area contributed by atoms with Gasteiger partial charge in [-0.15, -0.1) is 11.3 Å². The van der Waals surface area contributed by atoms with Crippen LogP contribution in [0.5, 0.6) is 0 Å². The monoisotopic (exact) mass is 414 g/mol. The lowest BCUT2D eigenvalue weighted by molar-refractivity contribution is -0.122. The molecule has 0 saturated heterocycles. The molecule has 2 heterocycles. The molecule has 0 bridgehead atoms. The summed E-state index contributed by atoms with van der Waals surface area (Å²) in [6.45, 7) is 6.07. The lowest BCUT2D eigenvalue weighted by atomic mass is 10.1. The predicted molar refractivity (Wildman–Crippen MR) is 115 cm³/mol. The number of para-hydroxylation sites is 1. The van der Waals surface area contributed by atoms with Crippen molar-refractivity contribution in [2.75, 3.05) is 17.6 Å². The topological polar surface area (TPSA) is 84.0 Å². The van der Waals surface area contributed by atoms with E-state index in [1.807, 2.05) is 38.1 Å². The number of carbonyl (C=O) groups is 2. The number of aryl methyl sites for hydroxylation is 3. The van der Waals surface area contributed by atoms with E-state index in [-0.39, 0.29) is 24.1 Å². The summed E-state index contributed by atoms with van der Waals surface area (Å²) in [6.07, 6.45) is 2.35. The summed E-state index contributed by atoms with van der Waals surface area (Å²) in [6, 6.07) is 7.65. The van der Waals surface area contributed by atoms with Crippen LogP contribution in [0.4, 0.5) is 5.69 Å². The van der Waals surface area contributed by atoms with Crippen LogP contribution in [0.25, 0.3) is 10.2 Å². The smallest absolute Gasteiger partial charge is 0.243 e. The molecule has 6 nitrogen and oxygen atoms in total. The molecule has 2 amide bonds. The second kappa shape index (κ2) is 9.16. The average Bonchev–Trinajstić information content (AvgIpc) is 2.99. The van der Waals surface area contributed by atoms with Gasteiger partial charge in [0.25, 0.3) is 0 Å². The molecule has 1 aromatic carbocycles. The maximum Gasteiger partial charge on any atom is 0.243 e. The third-order valence-corrected chi connectivity index (χ3v) is 6.49. The Balaban J connectivity index is 1.53. The SMILES string of the molecule is CCc1ccccc1NC(=O)CNC(=O)CSc1ncnc2sc(C)c(C)c12. The third-order valence-electron chi connectivity index (χ3n) is 4.39. The van der Waals surface area contributed by atoms with Crippen molar-refractivity contribution in [3.63, 3.8) is 0 Å². The van der Waals surface area contributed by atoms with Gasteiger partial charge in [-0.3, -0.25) is 9.59 Å². The Kier molecular flexibility index (Phi) is 6.64. The van der Waals surface area contributed by atoms with Crippen molar-refractivity contribution >= 4 is 50.8 Å². The lowest BCUT2D eigenvalue weighted by Gasteiger charge is -2.10. The molecular weight excluding hydrogens is 392 g/mol. The molecule has 0 radical (unpaired) electrons. The number of rotatable bonds is 7. The van der Waals surface area contributed by atoms with Crippen LogP contribution in [0.1, 0.15) is 22.9 Å². The van der Waals surface area contributed by atoms with Crippen LogP contribution < -0.4 is 10.6 Å². The molecule has 2 aromatic heterocycles. The number of benzene rings is 1. The van der Waals surface area contributed by atoms with Crippen molar-refractivity contribution in [2.24, 2.45) is 0 Å². The van der Waals surface area contributed by atoms with Crippen molar-refractivity contribution in [3.8, 4) is 0 Å². The molecule has 0 fully saturated rings. The highest BCUT2D eigenvalue weighted by Gasteiger charge is 2.14. The summed E-state index contributed by atoms with van der Waals surface area (Å²) in [7, 11) is 0. The Morgan fingerprint density at radius 3 is 2.71 bits per heavy atom. The van der Waals surface area contributed by atoms with Gasteiger partial charge in [-0.25, -0.2) is 9.97 Å². The van der Waals surface area contributed by atoms with Crippen molar-refractivity contribution in [2.45, 2.75) is 32.2 Å². The van der Waals surface area contributed by atoms with Gasteiger partial charge >= 0.3 is 0 Å². The van der Waals surface area contributed by atoms with Gasteiger partial charge in [0.15, 0.2) is 0 Å². The predicted octanol–water partition coefficient (Wildman–Crippen LogP) is 3.72. The molecule has 3 rings (SSSR count). The molecule has 0 atom stereocenters. The van der Waals surface area contributed by atoms with E-state index in [9.17, 15) is 9.59 Å². The molecule has 3 aromatic rings. The normalized spacial score (nSPS) is 10.8. The first kappa shape index (κ1) is 20.3. The van der Waals surface area contributed by atoms with Gasteiger partial charge < -0.3 is 10.6 Å². The van der Waals surface area contributed by atoms with E-state index in [1.54, 1.807) is 11.3 Å². The minimum absolute atomic E-state index is 0.0623. The highest BCUT2D eigenvalue weighted by Crippen LogP contribution is 2.34. The first-order valence-corrected chi connectivity index (χ1v) is 10.8. The zero-order chi connectivity index (χ0) is 20.1. The zero-order valence-corrected chi connectivity index (χ0v) is 17.7. The lowest BCUT2D eigenvalue weighted by Crippen LogP contribution is -2.34. The number of thioether (sulfide) groups is 1. The number of aromatic nitrogens is 2. The minimum Gasteiger partial charge on any atom is -0.346 e. The quantitative estimate of drug-likeness (QED) is 0.455. The fraction of sp³-hybridized carbons (Fsp3) is 0.300. The highest BCUT2D eigenvalue weighted by molar-refractivity contribution is 8.00. The number of nitrogens with zero attached hydrogens (tertiary/aromatic N) is 2. The van der Waals surface area contributed by atoms with Crippen LogP contribution in [-0.2, 0) is 16.0 Å². The van der Waals surface area contributed by atoms with Gasteiger partial charge in [0.2, 0.25) is 11.8 Å². The van der Waals surface area contributed by atoms with E-state index in [4.69, 9.17) is 0 Å². The Morgan fingerprint density at radius 2 is 1.93 bits per heavy atom. The van der Waals surface area contributed by atoms with Crippen LogP contribution in [0.3, 0.4) is 0 Å². The molecular formula is C20H22N4O2S2. The van der Waals surface area contributed by atoms with Gasteiger partial charge in [-0.1, -0.05) is 36.9 Å². The first-order valence-electron chi connectivity index (χ1n) is 8.97. The molecule has 146 valence electrons. The second-order valence-corrected chi connectivity index (χ2v) is 8.43. The summed E-state index contributed by atoms with van der Waals surface area (Å²) in [4.78, 5) is 35.1. The van der Waals surface area contributed by atoms with Crippen molar-refractivity contribution in [1.82, 2.24) is 15.3 Å². The fourth-order valence-electron chi connectivity index (χ4n) is 2.77. The second-order valence-electron chi connectivity index (χ2n) is 6.27. The van der Waals surface area contributed by atoms with Crippen LogP contribution in [0, 0.1) is 13.8 Å². The number of hydrogen-bond acceptors (Lipinski definition) is 6. The first-order chi connectivity index (χ1) is 13.5. The molecule has 0 aliphatic rings. The van der Waals surface area contributed by atoms with E-state index < -0.39 is 0 Å². The fourth-order valence-corrected chi connectivity index (χ4v) is 4.72. The van der Waals surface area contributed by atoms with Crippen LogP contribution >= 0.6 is 23.1 Å². The average molecular weight is 415 g/mol. The summed E-state index contributed by atoms with van der Waals surface area (Å²) in [5.74, 6) is -0.257. The number of anilines is 1. The summed E-state index contributed by atoms with van der Waals surface area (Å²) in [5, 5.41) is 7.32. The van der Waals surface area contributed by atoms with Gasteiger partial charge in [-0.05, 0) is 37.5 Å². The van der Waals surface area contributed by atoms with Crippen LogP contribution in [0.15, 0.2) is 35.6 Å². The van der Waals surface area contributed by atoms with Gasteiger partial charge in [0.1, 0.15) is 16.2 Å². The van der Waals surface area contributed by atoms with E-state index in [0.29, 0.717) is 0 Å². The van der Waals surface area contributed by atoms with Gasteiger partial charge in [-0.2, -0.15) is 0 Å². The molecule has 0 spiro atoms. The largest absolute Gasteiger partial charge is 0.346 e. The number of fused-ring (bicyclic) bond motifs is 1. The van der Waals surface area contributed by atoms with Crippen molar-refractivity contribution in [1.29, 1.82) is 0 Å². The van der Waals surface area contributed by atoms with E-state index in [1.165, 1.54) is 23.0 Å². The third kappa shape index (κ3) is 4.69. The number of carbonyl (C=O) groups excluding carboxylic acids is 2. The maximum atomic E-state index is 12.2. The van der Waals surface area contributed by atoms with Crippen molar-refractivity contribution < 1.29 is 9.59 Å². The van der Waals surface area contributed by atoms with E-state index in [0.717, 1.165) is 38.5 Å². The molecule has 0 saturated carbocycles. The maximum absolute atomic E-state index is 12.2. The molecule has 2 N–H and O–H groups in total. The van der Waals surface area contributed by atoms with Crippen LogP contribution in [-0.4, -0.2) is 34.1 Å². The number of amides is 2. The number of thiophene rings is 1. The Bertz CT molecular complexity index is 1020. The van der Waals surface area contributed by atoms with Gasteiger partial charge in [0, 0.05) is 16.0 Å². The number of nitrogens with one attached hydrogen (secondary N) is 2. The molecule has 0 unspecified atom stereocenters. The Hall–Kier alpha value is -2.45. The molecule has 0 aliphatic carbocycles. The minimum atomic E-state index is -0.243. The highest BCUT2D eigenvalue weighted by atomic mass is 32.2. The molecule has 28 heavy (non-hydrogen) atoms. The Labute approximate surface area is 172 Å². The molecule has 0 aliphatic heterocycles.